The molecule has 1 fully saturated rings. The fourth-order valence-corrected chi connectivity index (χ4v) is 2.29. The van der Waals surface area contributed by atoms with Gasteiger partial charge in [0.2, 0.25) is 5.91 Å². The van der Waals surface area contributed by atoms with Gasteiger partial charge >= 0.3 is 0 Å². The molecule has 0 radical (unpaired) electrons. The molecule has 1 unspecified atom stereocenters. The van der Waals surface area contributed by atoms with Crippen LogP contribution in [-0.4, -0.2) is 17.5 Å². The van der Waals surface area contributed by atoms with Gasteiger partial charge in [0.1, 0.15) is 0 Å². The summed E-state index contributed by atoms with van der Waals surface area (Å²) in [5.41, 5.74) is 5.85. The third-order valence-corrected chi connectivity index (χ3v) is 3.19. The van der Waals surface area contributed by atoms with E-state index >= 15 is 0 Å². The largest absolute Gasteiger partial charge is 0.350 e. The van der Waals surface area contributed by atoms with Gasteiger partial charge in [-0.25, -0.2) is 0 Å². The van der Waals surface area contributed by atoms with Gasteiger partial charge in [-0.15, -0.1) is 0 Å². The number of hydrogen-bond acceptors (Lipinski definition) is 2. The van der Waals surface area contributed by atoms with E-state index in [0.717, 1.165) is 19.3 Å². The zero-order valence-electron chi connectivity index (χ0n) is 10.2. The molecule has 15 heavy (non-hydrogen) atoms. The van der Waals surface area contributed by atoms with E-state index in [2.05, 4.69) is 26.1 Å². The predicted molar refractivity (Wildman–Crippen MR) is 62.4 cm³/mol. The van der Waals surface area contributed by atoms with Gasteiger partial charge in [-0.1, -0.05) is 26.7 Å². The van der Waals surface area contributed by atoms with Crippen molar-refractivity contribution in [2.75, 3.05) is 0 Å². The van der Waals surface area contributed by atoms with Crippen LogP contribution < -0.4 is 11.1 Å². The van der Waals surface area contributed by atoms with E-state index in [1.54, 1.807) is 0 Å². The second-order valence-corrected chi connectivity index (χ2v) is 5.49. The molecule has 1 rings (SSSR count). The average molecular weight is 212 g/mol. The van der Waals surface area contributed by atoms with Crippen LogP contribution in [0, 0.1) is 5.92 Å². The first kappa shape index (κ1) is 12.5. The van der Waals surface area contributed by atoms with E-state index in [4.69, 9.17) is 5.73 Å². The Balaban J connectivity index is 2.40. The van der Waals surface area contributed by atoms with Crippen molar-refractivity contribution in [1.29, 1.82) is 0 Å². The van der Waals surface area contributed by atoms with Crippen molar-refractivity contribution in [2.45, 2.75) is 64.5 Å². The van der Waals surface area contributed by atoms with Crippen molar-refractivity contribution < 1.29 is 4.79 Å². The number of nitrogens with two attached hydrogens (primary N) is 1. The van der Waals surface area contributed by atoms with Crippen molar-refractivity contribution in [3.63, 3.8) is 0 Å². The molecule has 0 spiro atoms. The van der Waals surface area contributed by atoms with Gasteiger partial charge in [-0.3, -0.25) is 4.79 Å². The highest BCUT2D eigenvalue weighted by atomic mass is 16.2. The van der Waals surface area contributed by atoms with Crippen LogP contribution in [0.25, 0.3) is 0 Å². The van der Waals surface area contributed by atoms with Gasteiger partial charge in [0.15, 0.2) is 0 Å². The van der Waals surface area contributed by atoms with Crippen LogP contribution in [0.3, 0.4) is 0 Å². The lowest BCUT2D eigenvalue weighted by molar-refractivity contribution is -0.124. The maximum atomic E-state index is 11.8. The van der Waals surface area contributed by atoms with Gasteiger partial charge in [-0.2, -0.15) is 0 Å². The molecule has 3 N–H and O–H groups in total. The Morgan fingerprint density at radius 3 is 2.40 bits per heavy atom. The van der Waals surface area contributed by atoms with E-state index in [-0.39, 0.29) is 17.5 Å². The molecule has 1 aliphatic rings. The highest BCUT2D eigenvalue weighted by Crippen LogP contribution is 2.28. The summed E-state index contributed by atoms with van der Waals surface area (Å²) in [6, 6.07) is -0.345. The predicted octanol–water partition coefficient (Wildman–Crippen LogP) is 1.81. The first-order valence-electron chi connectivity index (χ1n) is 6.00. The van der Waals surface area contributed by atoms with Crippen LogP contribution in [-0.2, 0) is 4.79 Å². The number of carbonyl (C=O) groups is 1. The second-order valence-electron chi connectivity index (χ2n) is 5.49. The van der Waals surface area contributed by atoms with Crippen LogP contribution in [0.2, 0.25) is 0 Å². The molecule has 0 aliphatic heterocycles. The summed E-state index contributed by atoms with van der Waals surface area (Å²) >= 11 is 0. The maximum absolute atomic E-state index is 11.8. The number of amides is 1. The van der Waals surface area contributed by atoms with Gasteiger partial charge in [0, 0.05) is 5.54 Å². The monoisotopic (exact) mass is 212 g/mol. The first-order valence-corrected chi connectivity index (χ1v) is 6.00. The molecule has 3 nitrogen and oxygen atoms in total. The van der Waals surface area contributed by atoms with Crippen LogP contribution in [0.15, 0.2) is 0 Å². The van der Waals surface area contributed by atoms with E-state index in [1.807, 2.05) is 0 Å². The third kappa shape index (κ3) is 3.82. The Morgan fingerprint density at radius 2 is 1.93 bits per heavy atom. The zero-order chi connectivity index (χ0) is 11.5. The van der Waals surface area contributed by atoms with Gasteiger partial charge < -0.3 is 11.1 Å². The molecule has 1 amide bonds. The molecule has 88 valence electrons. The van der Waals surface area contributed by atoms with Gasteiger partial charge in [0.05, 0.1) is 6.04 Å². The quantitative estimate of drug-likeness (QED) is 0.746. The molecule has 3 heteroatoms. The minimum atomic E-state index is -0.345. The van der Waals surface area contributed by atoms with Gasteiger partial charge in [-0.05, 0) is 32.1 Å². The second kappa shape index (κ2) is 4.97. The highest BCUT2D eigenvalue weighted by molar-refractivity contribution is 5.82. The van der Waals surface area contributed by atoms with Crippen molar-refractivity contribution >= 4 is 5.91 Å². The summed E-state index contributed by atoms with van der Waals surface area (Å²) in [4.78, 5) is 11.8. The number of rotatable bonds is 4. The Hall–Kier alpha value is -0.570. The Labute approximate surface area is 92.8 Å². The lowest BCUT2D eigenvalue weighted by Gasteiger charge is -2.27. The van der Waals surface area contributed by atoms with Gasteiger partial charge in [0.25, 0.3) is 0 Å². The van der Waals surface area contributed by atoms with Crippen LogP contribution in [0.4, 0.5) is 0 Å². The SMILES string of the molecule is CC(C)CC(N)C(=O)NC1(C)CCCC1. The zero-order valence-corrected chi connectivity index (χ0v) is 10.2. The number of nitrogens with one attached hydrogen (secondary N) is 1. The summed E-state index contributed by atoms with van der Waals surface area (Å²) in [5.74, 6) is 0.496. The van der Waals surface area contributed by atoms with E-state index in [9.17, 15) is 4.79 Å². The van der Waals surface area contributed by atoms with Crippen molar-refractivity contribution in [1.82, 2.24) is 5.32 Å². The van der Waals surface area contributed by atoms with Crippen LogP contribution in [0.5, 0.6) is 0 Å². The topological polar surface area (TPSA) is 55.1 Å². The molecule has 1 aliphatic carbocycles. The Bertz CT molecular complexity index is 220. The summed E-state index contributed by atoms with van der Waals surface area (Å²) in [5, 5.41) is 3.10. The standard InChI is InChI=1S/C12H24N2O/c1-9(2)8-10(13)11(15)14-12(3)6-4-5-7-12/h9-10H,4-8,13H2,1-3H3,(H,14,15). The number of carbonyl (C=O) groups excluding carboxylic acids is 1. The van der Waals surface area contributed by atoms with Crippen LogP contribution in [0.1, 0.15) is 52.9 Å². The average Bonchev–Trinajstić information content (AvgIpc) is 2.50. The van der Waals surface area contributed by atoms with Crippen molar-refractivity contribution in [3.8, 4) is 0 Å². The summed E-state index contributed by atoms with van der Waals surface area (Å²) in [6.07, 6.45) is 5.38. The molecular formula is C12H24N2O. The maximum Gasteiger partial charge on any atom is 0.237 e. The van der Waals surface area contributed by atoms with Crippen molar-refractivity contribution in [3.05, 3.63) is 0 Å². The minimum Gasteiger partial charge on any atom is -0.350 e. The molecule has 0 aromatic rings. The fourth-order valence-electron chi connectivity index (χ4n) is 2.29. The smallest absolute Gasteiger partial charge is 0.237 e. The summed E-state index contributed by atoms with van der Waals surface area (Å²) < 4.78 is 0. The first-order chi connectivity index (χ1) is 6.93. The summed E-state index contributed by atoms with van der Waals surface area (Å²) in [6.45, 7) is 6.30. The molecule has 1 saturated carbocycles. The molecular weight excluding hydrogens is 188 g/mol. The van der Waals surface area contributed by atoms with Crippen molar-refractivity contribution in [2.24, 2.45) is 11.7 Å². The Morgan fingerprint density at radius 1 is 1.40 bits per heavy atom. The fraction of sp³-hybridized carbons (Fsp3) is 0.917. The highest BCUT2D eigenvalue weighted by Gasteiger charge is 2.31. The number of hydrogen-bond donors (Lipinski definition) is 2. The lowest BCUT2D eigenvalue weighted by Crippen LogP contribution is -2.51. The van der Waals surface area contributed by atoms with E-state index < -0.39 is 0 Å². The molecule has 1 atom stereocenters. The minimum absolute atomic E-state index is 0.00564. The molecule has 0 aromatic heterocycles. The third-order valence-electron chi connectivity index (χ3n) is 3.19. The molecule has 0 bridgehead atoms. The lowest BCUT2D eigenvalue weighted by atomic mass is 9.98. The summed E-state index contributed by atoms with van der Waals surface area (Å²) in [7, 11) is 0. The molecule has 0 saturated heterocycles. The molecule has 0 aromatic carbocycles. The van der Waals surface area contributed by atoms with E-state index in [1.165, 1.54) is 12.8 Å². The molecule has 0 heterocycles. The van der Waals surface area contributed by atoms with Crippen LogP contribution >= 0.6 is 0 Å². The Kier molecular flexibility index (Phi) is 4.14. The van der Waals surface area contributed by atoms with E-state index in [0.29, 0.717) is 5.92 Å². The normalized spacial score (nSPS) is 21.7.